The number of carbonyl (C=O) groups is 2. The van der Waals surface area contributed by atoms with Crippen LogP contribution in [0, 0.1) is 11.3 Å². The summed E-state index contributed by atoms with van der Waals surface area (Å²) in [6, 6.07) is 9.45. The summed E-state index contributed by atoms with van der Waals surface area (Å²) in [7, 11) is -3.84. The van der Waals surface area contributed by atoms with E-state index in [0.717, 1.165) is 17.3 Å². The highest BCUT2D eigenvalue weighted by Gasteiger charge is 2.37. The predicted octanol–water partition coefficient (Wildman–Crippen LogP) is 5.08. The van der Waals surface area contributed by atoms with Crippen molar-refractivity contribution in [3.8, 4) is 5.88 Å². The summed E-state index contributed by atoms with van der Waals surface area (Å²) in [4.78, 5) is 37.7. The molecule has 1 aromatic carbocycles. The molecule has 0 radical (unpaired) electrons. The van der Waals surface area contributed by atoms with Gasteiger partial charge in [0.05, 0.1) is 43.8 Å². The van der Waals surface area contributed by atoms with Crippen LogP contribution in [0.5, 0.6) is 5.88 Å². The van der Waals surface area contributed by atoms with E-state index in [4.69, 9.17) is 29.0 Å². The summed E-state index contributed by atoms with van der Waals surface area (Å²) in [6.45, 7) is 11.5. The Morgan fingerprint density at radius 3 is 2.67 bits per heavy atom. The Morgan fingerprint density at radius 1 is 1.21 bits per heavy atom. The summed E-state index contributed by atoms with van der Waals surface area (Å²) >= 11 is 1.03. The monoisotopic (exact) mass is 707 g/mol. The predicted molar refractivity (Wildman–Crippen MR) is 182 cm³/mol. The van der Waals surface area contributed by atoms with Crippen LogP contribution in [0.1, 0.15) is 59.8 Å². The van der Waals surface area contributed by atoms with Gasteiger partial charge in [-0.25, -0.2) is 19.4 Å². The SMILES string of the molecule is CCOc1nc(N)nc2c1ncn2C1OC(COP(=O)(NCc2ccccc2)OCCSC(=O)C(C)(C)CNC(=O)OC(C)C)CC1C. The Labute approximate surface area is 285 Å². The molecule has 3 aromatic rings. The van der Waals surface area contributed by atoms with Crippen molar-refractivity contribution in [2.24, 2.45) is 11.3 Å². The molecular weight excluding hydrogens is 661 g/mol. The number of aromatic nitrogens is 4. The van der Waals surface area contributed by atoms with Crippen molar-refractivity contribution in [3.05, 3.63) is 42.2 Å². The maximum absolute atomic E-state index is 13.9. The van der Waals surface area contributed by atoms with Gasteiger partial charge in [0.15, 0.2) is 16.3 Å². The maximum atomic E-state index is 13.9. The standard InChI is InChI=1S/C31H46N7O8PS/c1-7-42-26-24-25(36-29(32)37-26)38(19-34-24)27-21(4)15-23(46-27)17-44-47(41,35-16-22-11-9-8-10-12-22)43-13-14-48-28(39)31(5,6)18-33-30(40)45-20(2)3/h8-12,19-21,23,27H,7,13-18H2,1-6H3,(H,33,40)(H,35,41)(H2,32,36,37). The minimum Gasteiger partial charge on any atom is -0.476 e. The second-order valence-corrected chi connectivity index (χ2v) is 15.2. The Morgan fingerprint density at radius 2 is 1.96 bits per heavy atom. The molecule has 0 saturated carbocycles. The summed E-state index contributed by atoms with van der Waals surface area (Å²) in [5, 5.41) is 5.41. The number of carbonyl (C=O) groups excluding carboxylic acids is 2. The van der Waals surface area contributed by atoms with E-state index in [9.17, 15) is 14.2 Å². The molecule has 0 bridgehead atoms. The molecular formula is C31H46N7O8PS. The molecule has 1 aliphatic heterocycles. The highest BCUT2D eigenvalue weighted by atomic mass is 32.2. The van der Waals surface area contributed by atoms with Crippen LogP contribution < -0.4 is 20.9 Å². The van der Waals surface area contributed by atoms with E-state index in [1.54, 1.807) is 38.6 Å². The van der Waals surface area contributed by atoms with E-state index in [0.29, 0.717) is 30.1 Å². The first kappa shape index (κ1) is 37.5. The van der Waals surface area contributed by atoms with Gasteiger partial charge >= 0.3 is 13.8 Å². The minimum atomic E-state index is -3.84. The number of ether oxygens (including phenoxy) is 3. The van der Waals surface area contributed by atoms with Gasteiger partial charge in [0.1, 0.15) is 6.23 Å². The zero-order valence-electron chi connectivity index (χ0n) is 28.2. The van der Waals surface area contributed by atoms with Crippen LogP contribution in [-0.2, 0) is 34.4 Å². The van der Waals surface area contributed by atoms with Gasteiger partial charge in [-0.2, -0.15) is 9.97 Å². The number of amides is 1. The lowest BCUT2D eigenvalue weighted by Gasteiger charge is -2.24. The van der Waals surface area contributed by atoms with Gasteiger partial charge in [-0.1, -0.05) is 62.9 Å². The van der Waals surface area contributed by atoms with E-state index in [1.165, 1.54) is 0 Å². The van der Waals surface area contributed by atoms with E-state index in [-0.39, 0.29) is 55.1 Å². The number of benzene rings is 1. The van der Waals surface area contributed by atoms with Crippen molar-refractivity contribution < 1.29 is 37.4 Å². The number of alkyl carbamates (subject to hydrolysis) is 1. The van der Waals surface area contributed by atoms with Gasteiger partial charge in [-0.3, -0.25) is 18.4 Å². The van der Waals surface area contributed by atoms with Crippen LogP contribution in [0.3, 0.4) is 0 Å². The lowest BCUT2D eigenvalue weighted by molar-refractivity contribution is -0.117. The average molecular weight is 708 g/mol. The number of nitrogens with one attached hydrogen (secondary N) is 2. The van der Waals surface area contributed by atoms with Crippen LogP contribution >= 0.6 is 19.5 Å². The first-order chi connectivity index (χ1) is 22.8. The first-order valence-electron chi connectivity index (χ1n) is 15.9. The third kappa shape index (κ3) is 10.4. The van der Waals surface area contributed by atoms with Crippen molar-refractivity contribution >= 4 is 47.8 Å². The third-order valence-corrected chi connectivity index (χ3v) is 10.1. The molecule has 15 nitrogen and oxygen atoms in total. The van der Waals surface area contributed by atoms with Crippen molar-refractivity contribution in [2.75, 3.05) is 37.9 Å². The normalized spacial score (nSPS) is 19.4. The number of imidazole rings is 1. The Bertz CT molecular complexity index is 1570. The van der Waals surface area contributed by atoms with E-state index in [2.05, 4.69) is 25.4 Å². The highest BCUT2D eigenvalue weighted by molar-refractivity contribution is 8.13. The Kier molecular flexibility index (Phi) is 13.2. The topological polar surface area (TPSA) is 191 Å². The average Bonchev–Trinajstić information content (AvgIpc) is 3.63. The minimum absolute atomic E-state index is 0.00882. The van der Waals surface area contributed by atoms with Crippen LogP contribution in [0.2, 0.25) is 0 Å². The molecule has 4 rings (SSSR count). The zero-order chi connectivity index (χ0) is 34.9. The number of nitrogens with zero attached hydrogens (tertiary/aromatic N) is 4. The van der Waals surface area contributed by atoms with Crippen molar-refractivity contribution in [3.63, 3.8) is 0 Å². The summed E-state index contributed by atoms with van der Waals surface area (Å²) < 4.78 is 44.5. The van der Waals surface area contributed by atoms with Crippen molar-refractivity contribution in [1.82, 2.24) is 29.9 Å². The second kappa shape index (κ2) is 16.9. The van der Waals surface area contributed by atoms with Gasteiger partial charge in [0.2, 0.25) is 11.8 Å². The molecule has 264 valence electrons. The quantitative estimate of drug-likeness (QED) is 0.124. The molecule has 4 unspecified atom stereocenters. The van der Waals surface area contributed by atoms with E-state index in [1.807, 2.05) is 44.2 Å². The van der Waals surface area contributed by atoms with E-state index >= 15 is 0 Å². The molecule has 4 N–H and O–H groups in total. The summed E-state index contributed by atoms with van der Waals surface area (Å²) in [5.74, 6) is 0.624. The lowest BCUT2D eigenvalue weighted by Crippen LogP contribution is -2.39. The zero-order valence-corrected chi connectivity index (χ0v) is 29.9. The molecule has 1 amide bonds. The molecule has 2 aromatic heterocycles. The number of fused-ring (bicyclic) bond motifs is 1. The first-order valence-corrected chi connectivity index (χ1v) is 18.4. The molecule has 0 aliphatic carbocycles. The summed E-state index contributed by atoms with van der Waals surface area (Å²) in [6.07, 6.45) is 0.540. The number of hydrogen-bond donors (Lipinski definition) is 3. The Balaban J connectivity index is 1.35. The summed E-state index contributed by atoms with van der Waals surface area (Å²) in [5.41, 5.74) is 6.95. The Hall–Kier alpha value is -3.27. The molecule has 48 heavy (non-hydrogen) atoms. The molecule has 17 heteroatoms. The van der Waals surface area contributed by atoms with Gasteiger partial charge < -0.3 is 25.3 Å². The smallest absolute Gasteiger partial charge is 0.407 e. The van der Waals surface area contributed by atoms with Crippen LogP contribution in [0.25, 0.3) is 11.2 Å². The van der Waals surface area contributed by atoms with Gasteiger partial charge in [0.25, 0.3) is 0 Å². The van der Waals surface area contributed by atoms with Crippen LogP contribution in [0.4, 0.5) is 10.7 Å². The number of anilines is 1. The molecule has 4 atom stereocenters. The van der Waals surface area contributed by atoms with Crippen molar-refractivity contribution in [2.45, 2.75) is 72.9 Å². The van der Waals surface area contributed by atoms with Crippen LogP contribution in [0.15, 0.2) is 36.7 Å². The largest absolute Gasteiger partial charge is 0.476 e. The molecule has 1 aliphatic rings. The van der Waals surface area contributed by atoms with E-state index < -0.39 is 31.6 Å². The molecule has 1 fully saturated rings. The van der Waals surface area contributed by atoms with Crippen molar-refractivity contribution in [1.29, 1.82) is 0 Å². The molecule has 0 spiro atoms. The fourth-order valence-corrected chi connectivity index (χ4v) is 7.16. The van der Waals surface area contributed by atoms with Crippen LogP contribution in [-0.4, -0.2) is 75.1 Å². The number of rotatable bonds is 17. The second-order valence-electron chi connectivity index (χ2n) is 12.3. The number of thioether (sulfide) groups is 1. The third-order valence-electron chi connectivity index (χ3n) is 7.31. The van der Waals surface area contributed by atoms with Gasteiger partial charge in [0, 0.05) is 24.8 Å². The lowest BCUT2D eigenvalue weighted by atomic mass is 9.96. The fourth-order valence-electron chi connectivity index (χ4n) is 4.90. The number of nitrogens with two attached hydrogens (primary N) is 1. The highest BCUT2D eigenvalue weighted by Crippen LogP contribution is 2.46. The van der Waals surface area contributed by atoms with Gasteiger partial charge in [-0.05, 0) is 32.8 Å². The number of hydrogen-bond acceptors (Lipinski definition) is 13. The molecule has 3 heterocycles. The maximum Gasteiger partial charge on any atom is 0.407 e. The fraction of sp³-hybridized carbons (Fsp3) is 0.581. The number of nitrogen functional groups attached to an aromatic ring is 1. The van der Waals surface area contributed by atoms with Gasteiger partial charge in [-0.15, -0.1) is 0 Å². The molecule has 1 saturated heterocycles.